The van der Waals surface area contributed by atoms with Crippen LogP contribution in [0.5, 0.6) is 0 Å². The molecule has 3 rings (SSSR count). The highest BCUT2D eigenvalue weighted by Gasteiger charge is 2.17. The SMILES string of the molecule is BrC(Cc1cccs1)c1cc2c(s1)CCCCC2. The minimum absolute atomic E-state index is 0.494. The van der Waals surface area contributed by atoms with Gasteiger partial charge in [-0.15, -0.1) is 22.7 Å². The van der Waals surface area contributed by atoms with Crippen LogP contribution in [0.15, 0.2) is 23.6 Å². The third kappa shape index (κ3) is 2.89. The van der Waals surface area contributed by atoms with Crippen molar-refractivity contribution in [1.82, 2.24) is 0 Å². The van der Waals surface area contributed by atoms with E-state index in [0.717, 1.165) is 6.42 Å². The molecule has 0 nitrogen and oxygen atoms in total. The Labute approximate surface area is 125 Å². The zero-order valence-electron chi connectivity index (χ0n) is 10.3. The Balaban J connectivity index is 1.76. The van der Waals surface area contributed by atoms with Gasteiger partial charge < -0.3 is 0 Å². The number of rotatable bonds is 3. The van der Waals surface area contributed by atoms with Gasteiger partial charge in [-0.1, -0.05) is 28.4 Å². The number of hydrogen-bond acceptors (Lipinski definition) is 2. The van der Waals surface area contributed by atoms with Gasteiger partial charge in [-0.05, 0) is 55.2 Å². The minimum Gasteiger partial charge on any atom is -0.149 e. The number of hydrogen-bond donors (Lipinski definition) is 0. The monoisotopic (exact) mass is 340 g/mol. The van der Waals surface area contributed by atoms with E-state index >= 15 is 0 Å². The molecular weight excluding hydrogens is 324 g/mol. The summed E-state index contributed by atoms with van der Waals surface area (Å²) >= 11 is 7.77. The molecule has 0 bridgehead atoms. The normalized spacial score (nSPS) is 17.2. The van der Waals surface area contributed by atoms with Crippen LogP contribution < -0.4 is 0 Å². The smallest absolute Gasteiger partial charge is 0.0537 e. The second-order valence-electron chi connectivity index (χ2n) is 4.91. The minimum atomic E-state index is 0.494. The average molecular weight is 341 g/mol. The third-order valence-corrected chi connectivity index (χ3v) is 6.90. The summed E-state index contributed by atoms with van der Waals surface area (Å²) in [5, 5.41) is 2.17. The van der Waals surface area contributed by atoms with Gasteiger partial charge in [0.2, 0.25) is 0 Å². The van der Waals surface area contributed by atoms with Gasteiger partial charge in [-0.2, -0.15) is 0 Å². The predicted molar refractivity (Wildman–Crippen MR) is 85.3 cm³/mol. The molecule has 96 valence electrons. The molecular formula is C15H17BrS2. The quantitative estimate of drug-likeness (QED) is 0.492. The van der Waals surface area contributed by atoms with Gasteiger partial charge in [0.15, 0.2) is 0 Å². The molecule has 0 fully saturated rings. The lowest BCUT2D eigenvalue weighted by molar-refractivity contribution is 0.712. The number of halogens is 1. The number of alkyl halides is 1. The van der Waals surface area contributed by atoms with Crippen LogP contribution >= 0.6 is 38.6 Å². The first-order chi connectivity index (χ1) is 8.83. The highest BCUT2D eigenvalue weighted by molar-refractivity contribution is 9.09. The van der Waals surface area contributed by atoms with Crippen LogP contribution in [0.4, 0.5) is 0 Å². The Bertz CT molecular complexity index is 475. The summed E-state index contributed by atoms with van der Waals surface area (Å²) in [5.41, 5.74) is 1.63. The molecule has 1 aliphatic rings. The Morgan fingerprint density at radius 1 is 1.22 bits per heavy atom. The second-order valence-corrected chi connectivity index (χ2v) is 8.21. The molecule has 2 aromatic heterocycles. The summed E-state index contributed by atoms with van der Waals surface area (Å²) < 4.78 is 0. The first-order valence-electron chi connectivity index (χ1n) is 6.61. The molecule has 1 aliphatic carbocycles. The van der Waals surface area contributed by atoms with E-state index in [-0.39, 0.29) is 0 Å². The molecule has 2 aromatic rings. The van der Waals surface area contributed by atoms with E-state index in [9.17, 15) is 0 Å². The van der Waals surface area contributed by atoms with Crippen LogP contribution in [-0.4, -0.2) is 0 Å². The largest absolute Gasteiger partial charge is 0.149 e. The van der Waals surface area contributed by atoms with Gasteiger partial charge in [-0.3, -0.25) is 0 Å². The van der Waals surface area contributed by atoms with E-state index in [0.29, 0.717) is 4.83 Å². The third-order valence-electron chi connectivity index (χ3n) is 3.53. The summed E-state index contributed by atoms with van der Waals surface area (Å²) in [6.45, 7) is 0. The Hall–Kier alpha value is -0.120. The first kappa shape index (κ1) is 12.9. The van der Waals surface area contributed by atoms with E-state index in [4.69, 9.17) is 0 Å². The molecule has 0 aliphatic heterocycles. The maximum atomic E-state index is 3.87. The molecule has 1 atom stereocenters. The zero-order chi connectivity index (χ0) is 12.4. The molecule has 1 unspecified atom stereocenters. The van der Waals surface area contributed by atoms with Crippen molar-refractivity contribution >= 4 is 38.6 Å². The number of fused-ring (bicyclic) bond motifs is 1. The van der Waals surface area contributed by atoms with Crippen molar-refractivity contribution in [2.45, 2.75) is 43.4 Å². The van der Waals surface area contributed by atoms with E-state index in [1.165, 1.54) is 41.9 Å². The summed E-state index contributed by atoms with van der Waals surface area (Å²) in [4.78, 5) is 5.14. The van der Waals surface area contributed by atoms with Crippen LogP contribution in [0, 0.1) is 0 Å². The molecule has 2 heterocycles. The van der Waals surface area contributed by atoms with Gasteiger partial charge in [-0.25, -0.2) is 0 Å². The van der Waals surface area contributed by atoms with Crippen molar-refractivity contribution in [1.29, 1.82) is 0 Å². The molecule has 0 spiro atoms. The van der Waals surface area contributed by atoms with E-state index in [1.54, 1.807) is 10.4 Å². The highest BCUT2D eigenvalue weighted by Crippen LogP contribution is 2.37. The van der Waals surface area contributed by atoms with Crippen LogP contribution in [0.1, 0.15) is 44.3 Å². The molecule has 0 aromatic carbocycles. The Morgan fingerprint density at radius 3 is 2.94 bits per heavy atom. The fourth-order valence-electron chi connectivity index (χ4n) is 2.55. The fourth-order valence-corrected chi connectivity index (χ4v) is 5.51. The summed E-state index contributed by atoms with van der Waals surface area (Å²) in [6.07, 6.45) is 7.88. The molecule has 0 saturated heterocycles. The Morgan fingerprint density at radius 2 is 2.11 bits per heavy atom. The van der Waals surface area contributed by atoms with Gasteiger partial charge in [0.05, 0.1) is 4.83 Å². The molecule has 18 heavy (non-hydrogen) atoms. The first-order valence-corrected chi connectivity index (χ1v) is 9.22. The number of thiophene rings is 2. The van der Waals surface area contributed by atoms with Crippen molar-refractivity contribution in [3.63, 3.8) is 0 Å². The highest BCUT2D eigenvalue weighted by atomic mass is 79.9. The summed E-state index contributed by atoms with van der Waals surface area (Å²) in [5.74, 6) is 0. The lowest BCUT2D eigenvalue weighted by Crippen LogP contribution is -1.90. The topological polar surface area (TPSA) is 0 Å². The lowest BCUT2D eigenvalue weighted by Gasteiger charge is -2.05. The average Bonchev–Trinajstić information content (AvgIpc) is 2.95. The van der Waals surface area contributed by atoms with Crippen molar-refractivity contribution in [2.75, 3.05) is 0 Å². The van der Waals surface area contributed by atoms with Crippen LogP contribution in [0.2, 0.25) is 0 Å². The van der Waals surface area contributed by atoms with Crippen LogP contribution in [0.25, 0.3) is 0 Å². The maximum absolute atomic E-state index is 3.87. The standard InChI is InChI=1S/C15H17BrS2/c16-13(10-12-6-4-8-17-12)15-9-11-5-2-1-3-7-14(11)18-15/h4,6,8-9,13H,1-3,5,7,10H2. The van der Waals surface area contributed by atoms with Gasteiger partial charge in [0.1, 0.15) is 0 Å². The molecule has 0 amide bonds. The molecule has 0 N–H and O–H groups in total. The Kier molecular flexibility index (Phi) is 4.22. The van der Waals surface area contributed by atoms with Gasteiger partial charge in [0, 0.05) is 14.6 Å². The number of aryl methyl sites for hydroxylation is 2. The van der Waals surface area contributed by atoms with E-state index in [1.807, 2.05) is 22.7 Å². The summed E-state index contributed by atoms with van der Waals surface area (Å²) in [6, 6.07) is 6.83. The van der Waals surface area contributed by atoms with Gasteiger partial charge >= 0.3 is 0 Å². The molecule has 0 radical (unpaired) electrons. The molecule has 3 heteroatoms. The second kappa shape index (κ2) is 5.89. The maximum Gasteiger partial charge on any atom is 0.0537 e. The molecule has 0 saturated carbocycles. The predicted octanol–water partition coefficient (Wildman–Crippen LogP) is 5.76. The van der Waals surface area contributed by atoms with E-state index in [2.05, 4.69) is 39.5 Å². The van der Waals surface area contributed by atoms with E-state index < -0.39 is 0 Å². The van der Waals surface area contributed by atoms with Crippen LogP contribution in [-0.2, 0) is 19.3 Å². The lowest BCUT2D eigenvalue weighted by atomic mass is 10.1. The zero-order valence-corrected chi connectivity index (χ0v) is 13.5. The van der Waals surface area contributed by atoms with Crippen molar-refractivity contribution < 1.29 is 0 Å². The summed E-state index contributed by atoms with van der Waals surface area (Å²) in [7, 11) is 0. The van der Waals surface area contributed by atoms with Gasteiger partial charge in [0.25, 0.3) is 0 Å². The fraction of sp³-hybridized carbons (Fsp3) is 0.467. The van der Waals surface area contributed by atoms with Crippen molar-refractivity contribution in [3.05, 3.63) is 43.8 Å². The van der Waals surface area contributed by atoms with Crippen molar-refractivity contribution in [2.24, 2.45) is 0 Å². The van der Waals surface area contributed by atoms with Crippen LogP contribution in [0.3, 0.4) is 0 Å². The van der Waals surface area contributed by atoms with Crippen molar-refractivity contribution in [3.8, 4) is 0 Å².